The molecule has 11 heteroatoms. The van der Waals surface area contributed by atoms with E-state index in [1.54, 1.807) is 17.0 Å². The molecule has 0 spiro atoms. The van der Waals surface area contributed by atoms with Crippen molar-refractivity contribution >= 4 is 23.3 Å². The molecular formula is C24H25N7O4. The van der Waals surface area contributed by atoms with Crippen molar-refractivity contribution in [1.29, 1.82) is 0 Å². The number of methoxy groups -OCH3 is 1. The molecule has 2 amide bonds. The SMILES string of the molecule is COc1cnc(-n2nccn2)c2c1C(C(=O)C(=O)N1CCN(C(=O)c3ccccc3)C(C)C1)CN2. The fraction of sp³-hybridized carbons (Fsp3) is 0.333. The van der Waals surface area contributed by atoms with Crippen LogP contribution in [0.2, 0.25) is 0 Å². The van der Waals surface area contributed by atoms with Gasteiger partial charge in [-0.05, 0) is 19.1 Å². The molecule has 0 aliphatic carbocycles. The maximum absolute atomic E-state index is 13.4. The average Bonchev–Trinajstić information content (AvgIpc) is 3.58. The van der Waals surface area contributed by atoms with Crippen LogP contribution in [0.3, 0.4) is 0 Å². The van der Waals surface area contributed by atoms with E-state index in [2.05, 4.69) is 20.5 Å². The monoisotopic (exact) mass is 475 g/mol. The zero-order valence-electron chi connectivity index (χ0n) is 19.4. The number of anilines is 1. The van der Waals surface area contributed by atoms with Crippen LogP contribution < -0.4 is 10.1 Å². The van der Waals surface area contributed by atoms with Crippen LogP contribution in [0.4, 0.5) is 5.69 Å². The van der Waals surface area contributed by atoms with Gasteiger partial charge in [0.2, 0.25) is 5.78 Å². The van der Waals surface area contributed by atoms with E-state index in [9.17, 15) is 14.4 Å². The predicted octanol–water partition coefficient (Wildman–Crippen LogP) is 1.12. The Kier molecular flexibility index (Phi) is 5.89. The minimum absolute atomic E-state index is 0.0811. The van der Waals surface area contributed by atoms with Crippen LogP contribution in [0.1, 0.15) is 28.8 Å². The average molecular weight is 476 g/mol. The van der Waals surface area contributed by atoms with Crippen molar-refractivity contribution in [3.05, 3.63) is 60.0 Å². The number of amides is 2. The van der Waals surface area contributed by atoms with Gasteiger partial charge in [0.05, 0.1) is 37.3 Å². The van der Waals surface area contributed by atoms with E-state index in [4.69, 9.17) is 4.74 Å². The Balaban J connectivity index is 1.33. The second kappa shape index (κ2) is 9.16. The van der Waals surface area contributed by atoms with Crippen LogP contribution in [0, 0.1) is 0 Å². The quantitative estimate of drug-likeness (QED) is 0.545. The summed E-state index contributed by atoms with van der Waals surface area (Å²) in [6.45, 7) is 3.05. The molecule has 1 fully saturated rings. The zero-order chi connectivity index (χ0) is 24.5. The third kappa shape index (κ3) is 3.98. The fourth-order valence-electron chi connectivity index (χ4n) is 4.68. The van der Waals surface area contributed by atoms with Gasteiger partial charge in [0.1, 0.15) is 5.75 Å². The van der Waals surface area contributed by atoms with Gasteiger partial charge in [-0.1, -0.05) is 18.2 Å². The summed E-state index contributed by atoms with van der Waals surface area (Å²) in [5.41, 5.74) is 1.74. The van der Waals surface area contributed by atoms with Gasteiger partial charge < -0.3 is 19.9 Å². The number of piperazine rings is 1. The summed E-state index contributed by atoms with van der Waals surface area (Å²) in [6.07, 6.45) is 4.57. The van der Waals surface area contributed by atoms with Gasteiger partial charge in [0.25, 0.3) is 11.8 Å². The Morgan fingerprint density at radius 3 is 2.51 bits per heavy atom. The van der Waals surface area contributed by atoms with Crippen LogP contribution in [-0.2, 0) is 9.59 Å². The number of hydrogen-bond acceptors (Lipinski definition) is 8. The number of rotatable bonds is 5. The molecule has 2 aliphatic heterocycles. The Bertz CT molecular complexity index is 1260. The van der Waals surface area contributed by atoms with Crippen LogP contribution in [-0.4, -0.2) is 86.7 Å². The largest absolute Gasteiger partial charge is 0.495 e. The Morgan fingerprint density at radius 2 is 1.83 bits per heavy atom. The number of aromatic nitrogens is 4. The molecule has 1 aromatic carbocycles. The van der Waals surface area contributed by atoms with Crippen molar-refractivity contribution in [1.82, 2.24) is 29.8 Å². The van der Waals surface area contributed by atoms with Crippen molar-refractivity contribution in [2.45, 2.75) is 18.9 Å². The maximum atomic E-state index is 13.4. The molecule has 2 aromatic heterocycles. The number of nitrogens with one attached hydrogen (secondary N) is 1. The van der Waals surface area contributed by atoms with Crippen molar-refractivity contribution in [2.24, 2.45) is 0 Å². The second-order valence-corrected chi connectivity index (χ2v) is 8.52. The molecule has 1 N–H and O–H groups in total. The van der Waals surface area contributed by atoms with Gasteiger partial charge in [-0.15, -0.1) is 4.80 Å². The number of ketones is 1. The highest BCUT2D eigenvalue weighted by molar-refractivity contribution is 6.38. The van der Waals surface area contributed by atoms with Gasteiger partial charge in [0, 0.05) is 43.3 Å². The molecule has 2 unspecified atom stereocenters. The molecule has 35 heavy (non-hydrogen) atoms. The van der Waals surface area contributed by atoms with Crippen molar-refractivity contribution in [3.63, 3.8) is 0 Å². The van der Waals surface area contributed by atoms with Crippen molar-refractivity contribution in [2.75, 3.05) is 38.6 Å². The Hall–Kier alpha value is -4.28. The summed E-state index contributed by atoms with van der Waals surface area (Å²) < 4.78 is 5.46. The molecule has 5 rings (SSSR count). The molecule has 4 heterocycles. The first-order chi connectivity index (χ1) is 17.0. The lowest BCUT2D eigenvalue weighted by Gasteiger charge is -2.39. The Morgan fingerprint density at radius 1 is 1.09 bits per heavy atom. The third-order valence-corrected chi connectivity index (χ3v) is 6.45. The second-order valence-electron chi connectivity index (χ2n) is 8.52. The predicted molar refractivity (Wildman–Crippen MR) is 125 cm³/mol. The number of fused-ring (bicyclic) bond motifs is 1. The lowest BCUT2D eigenvalue weighted by Crippen LogP contribution is -2.57. The number of hydrogen-bond donors (Lipinski definition) is 1. The molecule has 2 atom stereocenters. The van der Waals surface area contributed by atoms with E-state index in [1.807, 2.05) is 25.1 Å². The fourth-order valence-corrected chi connectivity index (χ4v) is 4.68. The highest BCUT2D eigenvalue weighted by Gasteiger charge is 2.41. The molecule has 1 saturated heterocycles. The smallest absolute Gasteiger partial charge is 0.290 e. The molecule has 180 valence electrons. The van der Waals surface area contributed by atoms with Gasteiger partial charge >= 0.3 is 0 Å². The first kappa shape index (κ1) is 22.5. The van der Waals surface area contributed by atoms with Gasteiger partial charge in [-0.25, -0.2) is 4.98 Å². The summed E-state index contributed by atoms with van der Waals surface area (Å²) >= 11 is 0. The molecule has 0 radical (unpaired) electrons. The van der Waals surface area contributed by atoms with E-state index in [0.717, 1.165) is 0 Å². The summed E-state index contributed by atoms with van der Waals surface area (Å²) in [6, 6.07) is 8.82. The number of benzene rings is 1. The molecule has 11 nitrogen and oxygen atoms in total. The molecular weight excluding hydrogens is 450 g/mol. The minimum Gasteiger partial charge on any atom is -0.495 e. The van der Waals surface area contributed by atoms with Crippen LogP contribution in [0.15, 0.2) is 48.9 Å². The first-order valence-electron chi connectivity index (χ1n) is 11.4. The highest BCUT2D eigenvalue weighted by Crippen LogP contribution is 2.41. The number of nitrogens with zero attached hydrogens (tertiary/aromatic N) is 6. The minimum atomic E-state index is -0.732. The lowest BCUT2D eigenvalue weighted by atomic mass is 9.95. The standard InChI is InChI=1S/C24H25N7O4/c1-15-14-29(10-11-30(15)23(33)16-6-4-3-5-7-16)24(34)21(32)17-12-25-20-19(17)18(35-2)13-26-22(20)31-27-8-9-28-31/h3-9,13,15,17,25H,10-12,14H2,1-2H3. The summed E-state index contributed by atoms with van der Waals surface area (Å²) in [5, 5.41) is 11.4. The lowest BCUT2D eigenvalue weighted by molar-refractivity contribution is -0.146. The number of ether oxygens (including phenoxy) is 1. The van der Waals surface area contributed by atoms with E-state index < -0.39 is 17.6 Å². The molecule has 3 aromatic rings. The zero-order valence-corrected chi connectivity index (χ0v) is 19.4. The van der Waals surface area contributed by atoms with Gasteiger partial charge in [-0.2, -0.15) is 10.2 Å². The topological polar surface area (TPSA) is 123 Å². The summed E-state index contributed by atoms with van der Waals surface area (Å²) in [5.74, 6) is -1.07. The van der Waals surface area contributed by atoms with Crippen LogP contribution in [0.25, 0.3) is 5.82 Å². The molecule has 0 saturated carbocycles. The maximum Gasteiger partial charge on any atom is 0.290 e. The van der Waals surface area contributed by atoms with Crippen LogP contribution in [0.5, 0.6) is 5.75 Å². The van der Waals surface area contributed by atoms with Gasteiger partial charge in [0.15, 0.2) is 5.82 Å². The third-order valence-electron chi connectivity index (χ3n) is 6.45. The van der Waals surface area contributed by atoms with E-state index in [0.29, 0.717) is 34.9 Å². The van der Waals surface area contributed by atoms with E-state index >= 15 is 0 Å². The number of carbonyl (C=O) groups is 3. The van der Waals surface area contributed by atoms with Crippen LogP contribution >= 0.6 is 0 Å². The van der Waals surface area contributed by atoms with Gasteiger partial charge in [-0.3, -0.25) is 14.4 Å². The van der Waals surface area contributed by atoms with E-state index in [1.165, 1.54) is 35.4 Å². The summed E-state index contributed by atoms with van der Waals surface area (Å²) in [4.78, 5) is 48.5. The normalized spacial score (nSPS) is 19.1. The highest BCUT2D eigenvalue weighted by atomic mass is 16.5. The Labute approximate surface area is 201 Å². The first-order valence-corrected chi connectivity index (χ1v) is 11.4. The number of carbonyl (C=O) groups excluding carboxylic acids is 3. The van der Waals surface area contributed by atoms with E-state index in [-0.39, 0.29) is 31.6 Å². The molecule has 2 aliphatic rings. The molecule has 0 bridgehead atoms. The van der Waals surface area contributed by atoms with Crippen molar-refractivity contribution < 1.29 is 19.1 Å². The number of pyridine rings is 1. The van der Waals surface area contributed by atoms with Crippen molar-refractivity contribution in [3.8, 4) is 11.6 Å². The summed E-state index contributed by atoms with van der Waals surface area (Å²) in [7, 11) is 1.50. The number of Topliss-reactive ketones (excluding diaryl/α,β-unsaturated/α-hetero) is 1.